The van der Waals surface area contributed by atoms with E-state index < -0.39 is 5.97 Å². The van der Waals surface area contributed by atoms with Crippen molar-refractivity contribution in [2.45, 2.75) is 59.3 Å². The monoisotopic (exact) mass is 226 g/mol. The predicted molar refractivity (Wildman–Crippen MR) is 68.5 cm³/mol. The minimum atomic E-state index is -0.836. The third kappa shape index (κ3) is 5.34. The van der Waals surface area contributed by atoms with Crippen LogP contribution in [-0.4, -0.2) is 11.1 Å². The van der Waals surface area contributed by atoms with Crippen LogP contribution in [0.15, 0.2) is 12.2 Å². The van der Waals surface area contributed by atoms with Gasteiger partial charge in [-0.25, -0.2) is 4.79 Å². The Bertz CT molecular complexity index is 221. The van der Waals surface area contributed by atoms with Crippen molar-refractivity contribution in [3.63, 3.8) is 0 Å². The summed E-state index contributed by atoms with van der Waals surface area (Å²) in [4.78, 5) is 10.9. The number of carboxylic acid groups (broad SMARTS) is 1. The highest BCUT2D eigenvalue weighted by Gasteiger charge is 2.20. The Morgan fingerprint density at radius 3 is 2.25 bits per heavy atom. The molecule has 2 unspecified atom stereocenters. The molecule has 0 saturated heterocycles. The van der Waals surface area contributed by atoms with Crippen LogP contribution in [0.3, 0.4) is 0 Å². The molecule has 2 atom stereocenters. The van der Waals surface area contributed by atoms with E-state index in [2.05, 4.69) is 20.4 Å². The molecule has 16 heavy (non-hydrogen) atoms. The second-order valence-corrected chi connectivity index (χ2v) is 4.59. The maximum absolute atomic E-state index is 10.9. The number of carboxylic acids is 1. The van der Waals surface area contributed by atoms with Gasteiger partial charge in [0.15, 0.2) is 0 Å². The van der Waals surface area contributed by atoms with Crippen molar-refractivity contribution in [3.8, 4) is 0 Å². The maximum atomic E-state index is 10.9. The van der Waals surface area contributed by atoms with Crippen LogP contribution in [0.25, 0.3) is 0 Å². The third-order valence-electron chi connectivity index (χ3n) is 3.42. The molecule has 0 aliphatic rings. The molecule has 1 N–H and O–H groups in total. The number of unbranched alkanes of at least 4 members (excludes halogenated alkanes) is 1. The Balaban J connectivity index is 4.26. The molecule has 0 aliphatic carbocycles. The number of aliphatic carboxylic acids is 1. The number of hydrogen-bond acceptors (Lipinski definition) is 1. The highest BCUT2D eigenvalue weighted by molar-refractivity contribution is 5.86. The van der Waals surface area contributed by atoms with E-state index in [0.717, 1.165) is 19.3 Å². The molecule has 0 spiro atoms. The summed E-state index contributed by atoms with van der Waals surface area (Å²) in [5.41, 5.74) is 0.387. The van der Waals surface area contributed by atoms with E-state index in [1.165, 1.54) is 19.3 Å². The average molecular weight is 226 g/mol. The van der Waals surface area contributed by atoms with Gasteiger partial charge in [0.25, 0.3) is 0 Å². The van der Waals surface area contributed by atoms with E-state index in [4.69, 9.17) is 5.11 Å². The van der Waals surface area contributed by atoms with Crippen molar-refractivity contribution >= 4 is 5.97 Å². The Morgan fingerprint density at radius 1 is 1.25 bits per heavy atom. The van der Waals surface area contributed by atoms with Gasteiger partial charge in [-0.05, 0) is 24.7 Å². The molecule has 0 aromatic carbocycles. The van der Waals surface area contributed by atoms with Crippen molar-refractivity contribution < 1.29 is 9.90 Å². The molecule has 2 nitrogen and oxygen atoms in total. The van der Waals surface area contributed by atoms with Crippen molar-refractivity contribution in [2.24, 2.45) is 11.8 Å². The first-order valence-electron chi connectivity index (χ1n) is 6.48. The Kier molecular flexibility index (Phi) is 7.96. The van der Waals surface area contributed by atoms with E-state index in [-0.39, 0.29) is 5.92 Å². The fourth-order valence-electron chi connectivity index (χ4n) is 2.11. The summed E-state index contributed by atoms with van der Waals surface area (Å²) in [5.74, 6) is -0.0301. The quantitative estimate of drug-likeness (QED) is 0.596. The number of carbonyl (C=O) groups is 1. The van der Waals surface area contributed by atoms with Gasteiger partial charge < -0.3 is 5.11 Å². The molecule has 0 rings (SSSR count). The first kappa shape index (κ1) is 15.2. The van der Waals surface area contributed by atoms with Crippen LogP contribution in [0, 0.1) is 11.8 Å². The summed E-state index contributed by atoms with van der Waals surface area (Å²) < 4.78 is 0. The molecule has 0 amide bonds. The predicted octanol–water partition coefficient (Wildman–Crippen LogP) is 4.26. The smallest absolute Gasteiger partial charge is 0.331 e. The fourth-order valence-corrected chi connectivity index (χ4v) is 2.11. The van der Waals surface area contributed by atoms with Crippen LogP contribution >= 0.6 is 0 Å². The van der Waals surface area contributed by atoms with Crippen molar-refractivity contribution in [1.82, 2.24) is 0 Å². The lowest BCUT2D eigenvalue weighted by Gasteiger charge is -2.21. The van der Waals surface area contributed by atoms with E-state index in [0.29, 0.717) is 11.5 Å². The highest BCUT2D eigenvalue weighted by Crippen LogP contribution is 2.27. The van der Waals surface area contributed by atoms with Crippen LogP contribution in [0.5, 0.6) is 0 Å². The summed E-state index contributed by atoms with van der Waals surface area (Å²) in [5, 5.41) is 8.95. The molecule has 0 aromatic rings. The van der Waals surface area contributed by atoms with Gasteiger partial charge in [-0.3, -0.25) is 0 Å². The Labute approximate surface area is 99.7 Å². The zero-order valence-corrected chi connectivity index (χ0v) is 11.0. The van der Waals surface area contributed by atoms with Crippen molar-refractivity contribution in [3.05, 3.63) is 12.2 Å². The molecular weight excluding hydrogens is 200 g/mol. The maximum Gasteiger partial charge on any atom is 0.331 e. The average Bonchev–Trinajstić information content (AvgIpc) is 2.28. The summed E-state index contributed by atoms with van der Waals surface area (Å²) in [6.45, 7) is 10.1. The summed E-state index contributed by atoms with van der Waals surface area (Å²) in [6, 6.07) is 0. The summed E-state index contributed by atoms with van der Waals surface area (Å²) >= 11 is 0. The zero-order chi connectivity index (χ0) is 12.6. The number of hydrogen-bond donors (Lipinski definition) is 1. The zero-order valence-electron chi connectivity index (χ0n) is 11.0. The van der Waals surface area contributed by atoms with Gasteiger partial charge in [0.05, 0.1) is 0 Å². The van der Waals surface area contributed by atoms with E-state index in [9.17, 15) is 4.79 Å². The topological polar surface area (TPSA) is 37.3 Å². The first-order chi connectivity index (χ1) is 7.56. The van der Waals surface area contributed by atoms with Gasteiger partial charge in [-0.15, -0.1) is 0 Å². The van der Waals surface area contributed by atoms with Crippen LogP contribution in [-0.2, 0) is 4.79 Å². The number of rotatable bonds is 9. The van der Waals surface area contributed by atoms with Gasteiger partial charge >= 0.3 is 5.97 Å². The Hall–Kier alpha value is -0.790. The fraction of sp³-hybridized carbons (Fsp3) is 0.786. The largest absolute Gasteiger partial charge is 0.478 e. The summed E-state index contributed by atoms with van der Waals surface area (Å²) in [6.07, 6.45) is 6.69. The lowest BCUT2D eigenvalue weighted by atomic mass is 9.84. The SMILES string of the molecule is C=C(C(=O)O)C(CC)CC(CC)CCCC. The normalized spacial score (nSPS) is 14.4. The molecule has 0 fully saturated rings. The third-order valence-corrected chi connectivity index (χ3v) is 3.42. The second-order valence-electron chi connectivity index (χ2n) is 4.59. The lowest BCUT2D eigenvalue weighted by Crippen LogP contribution is -2.15. The van der Waals surface area contributed by atoms with Crippen LogP contribution in [0.4, 0.5) is 0 Å². The van der Waals surface area contributed by atoms with Crippen LogP contribution in [0.2, 0.25) is 0 Å². The Morgan fingerprint density at radius 2 is 1.88 bits per heavy atom. The van der Waals surface area contributed by atoms with Crippen LogP contribution < -0.4 is 0 Å². The minimum Gasteiger partial charge on any atom is -0.478 e. The first-order valence-corrected chi connectivity index (χ1v) is 6.48. The van der Waals surface area contributed by atoms with E-state index in [1.54, 1.807) is 0 Å². The molecular formula is C14H26O2. The van der Waals surface area contributed by atoms with Gasteiger partial charge in [0, 0.05) is 5.57 Å². The standard InChI is InChI=1S/C14H26O2/c1-5-8-9-12(6-2)10-13(7-3)11(4)14(15)16/h12-13H,4-10H2,1-3H3,(H,15,16). The van der Waals surface area contributed by atoms with Crippen molar-refractivity contribution in [2.75, 3.05) is 0 Å². The van der Waals surface area contributed by atoms with Gasteiger partial charge in [0.2, 0.25) is 0 Å². The molecule has 0 aromatic heterocycles. The van der Waals surface area contributed by atoms with E-state index >= 15 is 0 Å². The molecule has 0 saturated carbocycles. The van der Waals surface area contributed by atoms with Gasteiger partial charge in [-0.2, -0.15) is 0 Å². The van der Waals surface area contributed by atoms with Crippen molar-refractivity contribution in [1.29, 1.82) is 0 Å². The molecule has 94 valence electrons. The van der Waals surface area contributed by atoms with Crippen LogP contribution in [0.1, 0.15) is 59.3 Å². The summed E-state index contributed by atoms with van der Waals surface area (Å²) in [7, 11) is 0. The van der Waals surface area contributed by atoms with Gasteiger partial charge in [0.1, 0.15) is 0 Å². The lowest BCUT2D eigenvalue weighted by molar-refractivity contribution is -0.133. The molecule has 0 aliphatic heterocycles. The second kappa shape index (κ2) is 8.37. The molecule has 2 heteroatoms. The van der Waals surface area contributed by atoms with E-state index in [1.807, 2.05) is 6.92 Å². The minimum absolute atomic E-state index is 0.152. The molecule has 0 radical (unpaired) electrons. The molecule has 0 bridgehead atoms. The van der Waals surface area contributed by atoms with Gasteiger partial charge in [-0.1, -0.05) is 53.0 Å². The molecule has 0 heterocycles. The highest BCUT2D eigenvalue weighted by atomic mass is 16.4.